The minimum atomic E-state index is -1.87. The summed E-state index contributed by atoms with van der Waals surface area (Å²) in [5, 5.41) is 30.5. The fraction of sp³-hybridized carbons (Fsp3) is 0.167. The average molecular weight is 792 g/mol. The van der Waals surface area contributed by atoms with Gasteiger partial charge in [0, 0.05) is 29.5 Å². The molecule has 0 aliphatic rings. The lowest BCUT2D eigenvalue weighted by molar-refractivity contribution is -0.137. The number of hydrogen-bond donors (Lipinski definition) is 3. The number of aliphatic carboxylic acids is 1. The van der Waals surface area contributed by atoms with Crippen molar-refractivity contribution in [2.75, 3.05) is 6.16 Å². The minimum Gasteiger partial charge on any atom is -1.00 e. The maximum atomic E-state index is 13.0. The van der Waals surface area contributed by atoms with Crippen LogP contribution in [0.4, 0.5) is 8.78 Å². The van der Waals surface area contributed by atoms with Crippen LogP contribution in [0.3, 0.4) is 0 Å². The van der Waals surface area contributed by atoms with Crippen molar-refractivity contribution in [2.24, 2.45) is 0 Å². The molecule has 0 amide bonds. The van der Waals surface area contributed by atoms with E-state index in [1.807, 2.05) is 30.4 Å². The molecule has 0 unspecified atom stereocenters. The third kappa shape index (κ3) is 13.1. The first kappa shape index (κ1) is 43.5. The van der Waals surface area contributed by atoms with Gasteiger partial charge in [0.05, 0.1) is 19.4 Å². The first-order valence-electron chi connectivity index (χ1n) is 16.4. The molecule has 0 saturated carbocycles. The summed E-state index contributed by atoms with van der Waals surface area (Å²) < 4.78 is 25.6. The molecule has 3 N–H and O–H groups in total. The van der Waals surface area contributed by atoms with Crippen molar-refractivity contribution in [2.45, 2.75) is 38.9 Å². The predicted octanol–water partition coefficient (Wildman–Crippen LogP) is 4.29. The lowest BCUT2D eigenvalue weighted by Gasteiger charge is -2.27. The van der Waals surface area contributed by atoms with Crippen LogP contribution in [0.5, 0.6) is 0 Å². The Bertz CT molecular complexity index is 1740. The van der Waals surface area contributed by atoms with Gasteiger partial charge >= 0.3 is 5.97 Å². The summed E-state index contributed by atoms with van der Waals surface area (Å²) in [5.41, 5.74) is 1.63. The standard InChI is InChI=1S/C22H21O2P.C12H13FO2.C8H7FO2.BrH/c23-22(24)17-10-18-25(19-11-4-1-5-12-19,20-13-6-2-7-14-20)21-15-8-3-9-16-21;13-12-6-5-10(8-11(12)9-15)4-2-1-3-7-14;9-8-2-1-6(4-10)3-7(8)5-11;/h1-9,11-16H,10,17-18H2;2,4-8,15H,1,3,9H2;1-4,11H,5H2;1H/b;4-2+;;. The van der Waals surface area contributed by atoms with Crippen LogP contribution in [0.15, 0.2) is 133 Å². The molecule has 0 saturated heterocycles. The molecule has 52 heavy (non-hydrogen) atoms. The average Bonchev–Trinajstić information content (AvgIpc) is 3.17. The lowest BCUT2D eigenvalue weighted by Crippen LogP contribution is -3.00. The van der Waals surface area contributed by atoms with Crippen molar-refractivity contribution in [3.63, 3.8) is 0 Å². The Morgan fingerprint density at radius 1 is 0.635 bits per heavy atom. The van der Waals surface area contributed by atoms with E-state index in [1.165, 1.54) is 34.1 Å². The van der Waals surface area contributed by atoms with E-state index in [1.54, 1.807) is 12.1 Å². The Hall–Kier alpha value is -4.66. The molecule has 6 nitrogen and oxygen atoms in total. The zero-order valence-corrected chi connectivity index (χ0v) is 31.0. The number of allylic oxidation sites excluding steroid dienone is 1. The van der Waals surface area contributed by atoms with Gasteiger partial charge in [0.25, 0.3) is 0 Å². The third-order valence-electron chi connectivity index (χ3n) is 7.85. The Labute approximate surface area is 314 Å². The van der Waals surface area contributed by atoms with Crippen molar-refractivity contribution in [3.05, 3.63) is 167 Å². The zero-order chi connectivity index (χ0) is 36.9. The van der Waals surface area contributed by atoms with Gasteiger partial charge in [0.15, 0.2) is 0 Å². The van der Waals surface area contributed by atoms with Gasteiger partial charge in [0.1, 0.15) is 47.4 Å². The number of hydrogen-bond acceptors (Lipinski definition) is 5. The second-order valence-electron chi connectivity index (χ2n) is 11.3. The Morgan fingerprint density at radius 2 is 1.08 bits per heavy atom. The molecule has 0 spiro atoms. The number of aldehydes is 2. The highest BCUT2D eigenvalue weighted by Crippen LogP contribution is 2.55. The van der Waals surface area contributed by atoms with E-state index >= 15 is 0 Å². The number of aliphatic hydroxyl groups excluding tert-OH is 2. The van der Waals surface area contributed by atoms with Crippen molar-refractivity contribution >= 4 is 47.8 Å². The van der Waals surface area contributed by atoms with Crippen LogP contribution in [-0.4, -0.2) is 40.0 Å². The molecular weight excluding hydrogens is 749 g/mol. The molecule has 5 aromatic carbocycles. The highest BCUT2D eigenvalue weighted by molar-refractivity contribution is 7.95. The van der Waals surface area contributed by atoms with Gasteiger partial charge in [-0.05, 0) is 85.1 Å². The van der Waals surface area contributed by atoms with E-state index in [2.05, 4.69) is 72.8 Å². The SMILES string of the molecule is O=C(O)CCC[P+](c1ccccc1)(c1ccccc1)c1ccccc1.O=CCC/C=C/c1ccc(F)c(CO)c1.O=Cc1ccc(F)c(CO)c1.[Br-]. The molecule has 0 atom stereocenters. The van der Waals surface area contributed by atoms with E-state index in [0.29, 0.717) is 31.1 Å². The van der Waals surface area contributed by atoms with E-state index in [0.717, 1.165) is 24.1 Å². The van der Waals surface area contributed by atoms with Crippen molar-refractivity contribution in [3.8, 4) is 0 Å². The molecule has 0 radical (unpaired) electrons. The number of benzene rings is 5. The molecule has 10 heteroatoms. The molecule has 5 rings (SSSR count). The number of aliphatic hydroxyl groups is 2. The van der Waals surface area contributed by atoms with Gasteiger partial charge in [-0.15, -0.1) is 0 Å². The molecule has 0 fully saturated rings. The third-order valence-corrected chi connectivity index (χ3v) is 12.4. The molecular formula is C42H42BrF2O6P. The van der Waals surface area contributed by atoms with Crippen molar-refractivity contribution in [1.82, 2.24) is 0 Å². The predicted molar refractivity (Wildman–Crippen MR) is 201 cm³/mol. The molecule has 272 valence electrons. The van der Waals surface area contributed by atoms with E-state index in [-0.39, 0.29) is 47.7 Å². The molecule has 0 heterocycles. The van der Waals surface area contributed by atoms with Crippen LogP contribution in [-0.2, 0) is 22.8 Å². The van der Waals surface area contributed by atoms with Crippen LogP contribution < -0.4 is 32.9 Å². The van der Waals surface area contributed by atoms with Crippen molar-refractivity contribution in [1.29, 1.82) is 0 Å². The number of carboxylic acids is 1. The Morgan fingerprint density at radius 3 is 1.48 bits per heavy atom. The Kier molecular flexibility index (Phi) is 19.9. The number of carboxylic acid groups (broad SMARTS) is 1. The number of rotatable bonds is 14. The number of carbonyl (C=O) groups excluding carboxylic acids is 2. The summed E-state index contributed by atoms with van der Waals surface area (Å²) in [4.78, 5) is 31.3. The normalized spacial score (nSPS) is 10.5. The Balaban J connectivity index is 0.000000296. The van der Waals surface area contributed by atoms with E-state index in [4.69, 9.17) is 15.3 Å². The maximum absolute atomic E-state index is 13.0. The second kappa shape index (κ2) is 23.7. The maximum Gasteiger partial charge on any atom is 0.303 e. The zero-order valence-electron chi connectivity index (χ0n) is 28.5. The summed E-state index contributed by atoms with van der Waals surface area (Å²) >= 11 is 0. The lowest BCUT2D eigenvalue weighted by atomic mass is 10.1. The molecule has 0 aliphatic heterocycles. The summed E-state index contributed by atoms with van der Waals surface area (Å²) in [7, 11) is -1.87. The molecule has 5 aromatic rings. The fourth-order valence-electron chi connectivity index (χ4n) is 5.34. The highest BCUT2D eigenvalue weighted by atomic mass is 79.9. The number of unbranched alkanes of at least 4 members (excludes halogenated alkanes) is 1. The van der Waals surface area contributed by atoms with Gasteiger partial charge in [-0.2, -0.15) is 0 Å². The van der Waals surface area contributed by atoms with E-state index in [9.17, 15) is 23.2 Å². The van der Waals surface area contributed by atoms with Gasteiger partial charge in [-0.3, -0.25) is 9.59 Å². The summed E-state index contributed by atoms with van der Waals surface area (Å²) in [5.74, 6) is -1.62. The summed E-state index contributed by atoms with van der Waals surface area (Å²) in [6.45, 7) is -0.685. The van der Waals surface area contributed by atoms with Crippen LogP contribution in [0.2, 0.25) is 0 Å². The van der Waals surface area contributed by atoms with Crippen LogP contribution >= 0.6 is 7.26 Å². The fourth-order valence-corrected chi connectivity index (χ4v) is 9.69. The molecule has 0 bridgehead atoms. The molecule has 0 aromatic heterocycles. The number of halogens is 3. The van der Waals surface area contributed by atoms with Crippen molar-refractivity contribution < 1.29 is 55.5 Å². The largest absolute Gasteiger partial charge is 1.00 e. The van der Waals surface area contributed by atoms with Gasteiger partial charge in [-0.25, -0.2) is 8.78 Å². The minimum absolute atomic E-state index is 0. The van der Waals surface area contributed by atoms with Gasteiger partial charge in [0.2, 0.25) is 0 Å². The van der Waals surface area contributed by atoms with Crippen LogP contribution in [0, 0.1) is 11.6 Å². The van der Waals surface area contributed by atoms with Crippen LogP contribution in [0.25, 0.3) is 6.08 Å². The topological polar surface area (TPSA) is 112 Å². The first-order chi connectivity index (χ1) is 24.8. The molecule has 0 aliphatic carbocycles. The summed E-state index contributed by atoms with van der Waals surface area (Å²) in [6, 6.07) is 40.1. The van der Waals surface area contributed by atoms with Gasteiger partial charge in [-0.1, -0.05) is 72.8 Å². The smallest absolute Gasteiger partial charge is 0.303 e. The van der Waals surface area contributed by atoms with Gasteiger partial charge < -0.3 is 37.1 Å². The highest BCUT2D eigenvalue weighted by Gasteiger charge is 2.44. The quantitative estimate of drug-likeness (QED) is 0.0881. The first-order valence-corrected chi connectivity index (χ1v) is 18.4. The van der Waals surface area contributed by atoms with Crippen LogP contribution in [0.1, 0.15) is 52.7 Å². The second-order valence-corrected chi connectivity index (χ2v) is 14.9. The summed E-state index contributed by atoms with van der Waals surface area (Å²) in [6.07, 6.45) is 8.02. The number of carbonyl (C=O) groups is 3. The monoisotopic (exact) mass is 790 g/mol. The van der Waals surface area contributed by atoms with E-state index < -0.39 is 24.9 Å².